The zero-order valence-electron chi connectivity index (χ0n) is 15.0. The van der Waals surface area contributed by atoms with Crippen molar-refractivity contribution in [3.8, 4) is 0 Å². The Labute approximate surface area is 163 Å². The van der Waals surface area contributed by atoms with Gasteiger partial charge in [-0.2, -0.15) is 0 Å². The topological polar surface area (TPSA) is 21.1 Å². The third kappa shape index (κ3) is 2.84. The van der Waals surface area contributed by atoms with Crippen LogP contribution in [0.2, 0.25) is 10.2 Å². The Hall–Kier alpha value is -1.81. The molecule has 5 heteroatoms. The summed E-state index contributed by atoms with van der Waals surface area (Å²) in [6, 6.07) is 14.2. The number of pyridine rings is 1. The van der Waals surface area contributed by atoms with Gasteiger partial charge in [0.25, 0.3) is 0 Å². The van der Waals surface area contributed by atoms with E-state index in [4.69, 9.17) is 23.2 Å². The molecule has 2 heterocycles. The van der Waals surface area contributed by atoms with E-state index < -0.39 is 0 Å². The first-order chi connectivity index (χ1) is 12.6. The highest BCUT2D eigenvalue weighted by Crippen LogP contribution is 2.38. The second-order valence-electron chi connectivity index (χ2n) is 6.48. The van der Waals surface area contributed by atoms with Gasteiger partial charge in [0.05, 0.1) is 11.0 Å². The van der Waals surface area contributed by atoms with Crippen LogP contribution in [0.1, 0.15) is 13.8 Å². The van der Waals surface area contributed by atoms with Gasteiger partial charge in [0.2, 0.25) is 0 Å². The van der Waals surface area contributed by atoms with Crippen LogP contribution in [0.5, 0.6) is 0 Å². The van der Waals surface area contributed by atoms with Crippen LogP contribution in [-0.4, -0.2) is 34.1 Å². The number of halogens is 2. The van der Waals surface area contributed by atoms with E-state index in [-0.39, 0.29) is 0 Å². The largest absolute Gasteiger partial charge is 0.337 e. The normalized spacial score (nSPS) is 12.0. The summed E-state index contributed by atoms with van der Waals surface area (Å²) >= 11 is 12.9. The average molecular weight is 386 g/mol. The van der Waals surface area contributed by atoms with Gasteiger partial charge in [-0.25, -0.2) is 4.98 Å². The molecule has 4 aromatic rings. The van der Waals surface area contributed by atoms with Crippen LogP contribution in [0.25, 0.3) is 32.7 Å². The maximum absolute atomic E-state index is 6.66. The Balaban J connectivity index is 2.04. The Morgan fingerprint density at radius 1 is 1.00 bits per heavy atom. The number of hydrogen-bond acceptors (Lipinski definition) is 2. The van der Waals surface area contributed by atoms with E-state index in [9.17, 15) is 0 Å². The van der Waals surface area contributed by atoms with Crippen LogP contribution in [0.15, 0.2) is 42.5 Å². The zero-order valence-corrected chi connectivity index (χ0v) is 16.5. The fraction of sp³-hybridized carbons (Fsp3) is 0.286. The highest BCUT2D eigenvalue weighted by atomic mass is 35.5. The Bertz CT molecular complexity index is 1100. The van der Waals surface area contributed by atoms with E-state index in [0.717, 1.165) is 48.0 Å². The smallest absolute Gasteiger partial charge is 0.154 e. The maximum atomic E-state index is 6.66. The number of hydrogen-bond donors (Lipinski definition) is 0. The van der Waals surface area contributed by atoms with E-state index in [1.54, 1.807) is 0 Å². The molecule has 3 nitrogen and oxygen atoms in total. The minimum atomic E-state index is 0.547. The lowest BCUT2D eigenvalue weighted by atomic mass is 10.1. The SMILES string of the molecule is CCN(CC)CCn1c2ccccc2c2c3cc(Cl)ccc3nc(Cl)c21. The van der Waals surface area contributed by atoms with E-state index in [2.05, 4.69) is 52.6 Å². The fourth-order valence-corrected chi connectivity index (χ4v) is 4.23. The summed E-state index contributed by atoms with van der Waals surface area (Å²) in [5, 5.41) is 4.64. The van der Waals surface area contributed by atoms with Gasteiger partial charge in [-0.05, 0) is 37.4 Å². The number of para-hydroxylation sites is 1. The molecule has 0 aliphatic heterocycles. The molecule has 0 aliphatic carbocycles. The van der Waals surface area contributed by atoms with Crippen LogP contribution in [0.4, 0.5) is 0 Å². The summed E-state index contributed by atoms with van der Waals surface area (Å²) in [6.07, 6.45) is 0. The summed E-state index contributed by atoms with van der Waals surface area (Å²) in [6.45, 7) is 8.32. The molecule has 0 spiro atoms. The molecule has 0 radical (unpaired) electrons. The number of benzene rings is 2. The molecule has 0 atom stereocenters. The zero-order chi connectivity index (χ0) is 18.3. The van der Waals surface area contributed by atoms with Crippen molar-refractivity contribution in [2.24, 2.45) is 0 Å². The first kappa shape index (κ1) is 17.6. The third-order valence-electron chi connectivity index (χ3n) is 5.15. The van der Waals surface area contributed by atoms with Crippen LogP contribution in [0, 0.1) is 0 Å². The molecule has 134 valence electrons. The summed E-state index contributed by atoms with van der Waals surface area (Å²) in [5.74, 6) is 0. The monoisotopic (exact) mass is 385 g/mol. The average Bonchev–Trinajstić information content (AvgIpc) is 2.99. The van der Waals surface area contributed by atoms with Gasteiger partial charge < -0.3 is 9.47 Å². The van der Waals surface area contributed by atoms with E-state index in [1.807, 2.05) is 18.2 Å². The maximum Gasteiger partial charge on any atom is 0.154 e. The van der Waals surface area contributed by atoms with Gasteiger partial charge in [0, 0.05) is 39.8 Å². The van der Waals surface area contributed by atoms with Crippen LogP contribution in [-0.2, 0) is 6.54 Å². The van der Waals surface area contributed by atoms with Crippen molar-refractivity contribution in [1.82, 2.24) is 14.5 Å². The van der Waals surface area contributed by atoms with Gasteiger partial charge in [-0.3, -0.25) is 0 Å². The van der Waals surface area contributed by atoms with Gasteiger partial charge in [-0.1, -0.05) is 55.2 Å². The van der Waals surface area contributed by atoms with Crippen LogP contribution >= 0.6 is 23.2 Å². The lowest BCUT2D eigenvalue weighted by Crippen LogP contribution is -2.27. The van der Waals surface area contributed by atoms with Crippen molar-refractivity contribution >= 4 is 55.9 Å². The van der Waals surface area contributed by atoms with E-state index in [0.29, 0.717) is 10.2 Å². The molecule has 26 heavy (non-hydrogen) atoms. The van der Waals surface area contributed by atoms with Crippen molar-refractivity contribution in [2.45, 2.75) is 20.4 Å². The van der Waals surface area contributed by atoms with Gasteiger partial charge in [0.15, 0.2) is 5.15 Å². The molecule has 0 amide bonds. The standard InChI is InChI=1S/C21H21Cl2N3/c1-3-25(4-2)11-12-26-18-8-6-5-7-15(18)19-16-13-14(22)9-10-17(16)24-21(23)20(19)26/h5-10,13H,3-4,11-12H2,1-2H3. The van der Waals surface area contributed by atoms with Crippen LogP contribution < -0.4 is 0 Å². The molecule has 0 saturated carbocycles. The Kier molecular flexibility index (Phi) is 4.78. The summed E-state index contributed by atoms with van der Waals surface area (Å²) < 4.78 is 2.30. The minimum absolute atomic E-state index is 0.547. The third-order valence-corrected chi connectivity index (χ3v) is 5.65. The number of nitrogens with zero attached hydrogens (tertiary/aromatic N) is 3. The predicted molar refractivity (Wildman–Crippen MR) is 113 cm³/mol. The first-order valence-corrected chi connectivity index (χ1v) is 9.77. The number of aromatic nitrogens is 2. The number of fused-ring (bicyclic) bond motifs is 5. The molecule has 0 saturated heterocycles. The molecular weight excluding hydrogens is 365 g/mol. The minimum Gasteiger partial charge on any atom is -0.337 e. The molecule has 0 N–H and O–H groups in total. The highest BCUT2D eigenvalue weighted by Gasteiger charge is 2.18. The lowest BCUT2D eigenvalue weighted by Gasteiger charge is -2.19. The summed E-state index contributed by atoms with van der Waals surface area (Å²) in [7, 11) is 0. The molecule has 2 aromatic carbocycles. The van der Waals surface area contributed by atoms with Crippen molar-refractivity contribution in [1.29, 1.82) is 0 Å². The van der Waals surface area contributed by atoms with Gasteiger partial charge >= 0.3 is 0 Å². The first-order valence-electron chi connectivity index (χ1n) is 9.02. The van der Waals surface area contributed by atoms with E-state index in [1.165, 1.54) is 10.9 Å². The second-order valence-corrected chi connectivity index (χ2v) is 7.28. The summed E-state index contributed by atoms with van der Waals surface area (Å²) in [4.78, 5) is 7.06. The molecule has 0 unspecified atom stereocenters. The number of likely N-dealkylation sites (N-methyl/N-ethyl adjacent to an activating group) is 1. The van der Waals surface area contributed by atoms with E-state index >= 15 is 0 Å². The van der Waals surface area contributed by atoms with Crippen molar-refractivity contribution in [3.63, 3.8) is 0 Å². The Morgan fingerprint density at radius 2 is 1.77 bits per heavy atom. The second kappa shape index (κ2) is 7.07. The number of rotatable bonds is 5. The predicted octanol–water partition coefficient (Wildman–Crippen LogP) is 5.99. The highest BCUT2D eigenvalue weighted by molar-refractivity contribution is 6.38. The molecule has 0 fully saturated rings. The molecule has 0 aliphatic rings. The van der Waals surface area contributed by atoms with Gasteiger partial charge in [0.1, 0.15) is 0 Å². The molecular formula is C21H21Cl2N3. The van der Waals surface area contributed by atoms with Crippen molar-refractivity contribution in [3.05, 3.63) is 52.6 Å². The Morgan fingerprint density at radius 3 is 2.54 bits per heavy atom. The quantitative estimate of drug-likeness (QED) is 0.393. The molecule has 2 aromatic heterocycles. The molecule has 0 bridgehead atoms. The van der Waals surface area contributed by atoms with Crippen molar-refractivity contribution < 1.29 is 0 Å². The lowest BCUT2D eigenvalue weighted by molar-refractivity contribution is 0.293. The van der Waals surface area contributed by atoms with Gasteiger partial charge in [-0.15, -0.1) is 0 Å². The van der Waals surface area contributed by atoms with Crippen molar-refractivity contribution in [2.75, 3.05) is 19.6 Å². The van der Waals surface area contributed by atoms with Crippen LogP contribution in [0.3, 0.4) is 0 Å². The summed E-state index contributed by atoms with van der Waals surface area (Å²) in [5.41, 5.74) is 3.05. The fourth-order valence-electron chi connectivity index (χ4n) is 3.77. The molecule has 4 rings (SSSR count).